The van der Waals surface area contributed by atoms with Crippen molar-refractivity contribution < 1.29 is 8.81 Å². The molecule has 3 rings (SSSR count). The number of halogens is 3. The Morgan fingerprint density at radius 1 is 1.29 bits per heavy atom. The van der Waals surface area contributed by atoms with Crippen LogP contribution in [0.5, 0.6) is 0 Å². The van der Waals surface area contributed by atoms with Crippen LogP contribution in [-0.4, -0.2) is 15.4 Å². The Bertz CT molecular complexity index is 753. The van der Waals surface area contributed by atoms with Gasteiger partial charge < -0.3 is 8.98 Å². The summed E-state index contributed by atoms with van der Waals surface area (Å²) in [6, 6.07) is 6.73. The topological polar surface area (TPSA) is 31.0 Å². The lowest BCUT2D eigenvalue weighted by Crippen LogP contribution is -2.06. The first-order valence-electron chi connectivity index (χ1n) is 6.61. The van der Waals surface area contributed by atoms with Gasteiger partial charge in [0.15, 0.2) is 0 Å². The molecule has 0 atom stereocenters. The second-order valence-electron chi connectivity index (χ2n) is 4.70. The largest absolute Gasteiger partial charge is 0.469 e. The molecule has 0 aliphatic heterocycles. The number of aromatic nitrogens is 2. The molecule has 0 saturated carbocycles. The quantitative estimate of drug-likeness (QED) is 0.649. The zero-order chi connectivity index (χ0) is 14.8. The first kappa shape index (κ1) is 14.4. The van der Waals surface area contributed by atoms with Gasteiger partial charge in [0.05, 0.1) is 22.3 Å². The first-order chi connectivity index (χ1) is 10.2. The molecule has 21 heavy (non-hydrogen) atoms. The molecule has 2 heterocycles. The fourth-order valence-electron chi connectivity index (χ4n) is 2.37. The molecule has 6 heteroatoms. The third kappa shape index (κ3) is 2.92. The van der Waals surface area contributed by atoms with Gasteiger partial charge in [0.25, 0.3) is 0 Å². The van der Waals surface area contributed by atoms with E-state index >= 15 is 0 Å². The van der Waals surface area contributed by atoms with Gasteiger partial charge in [-0.25, -0.2) is 9.37 Å². The predicted octanol–water partition coefficient (Wildman–Crippen LogP) is 4.45. The maximum absolute atomic E-state index is 13.7. The van der Waals surface area contributed by atoms with Crippen molar-refractivity contribution in [1.82, 2.24) is 9.55 Å². The summed E-state index contributed by atoms with van der Waals surface area (Å²) < 4.78 is 21.0. The highest BCUT2D eigenvalue weighted by Gasteiger charge is 2.13. The van der Waals surface area contributed by atoms with Crippen LogP contribution < -0.4 is 0 Å². The minimum Gasteiger partial charge on any atom is -0.469 e. The van der Waals surface area contributed by atoms with Gasteiger partial charge in [-0.15, -0.1) is 11.6 Å². The minimum atomic E-state index is -0.444. The molecule has 110 valence electrons. The summed E-state index contributed by atoms with van der Waals surface area (Å²) in [7, 11) is 0. The molecule has 0 N–H and O–H groups in total. The second kappa shape index (κ2) is 6.08. The number of aryl methyl sites for hydroxylation is 3. The van der Waals surface area contributed by atoms with E-state index < -0.39 is 5.82 Å². The van der Waals surface area contributed by atoms with Crippen molar-refractivity contribution in [3.63, 3.8) is 0 Å². The molecule has 1 aromatic carbocycles. The van der Waals surface area contributed by atoms with E-state index in [1.165, 1.54) is 6.07 Å². The normalized spacial score (nSPS) is 11.4. The monoisotopic (exact) mass is 326 g/mol. The maximum Gasteiger partial charge on any atom is 0.144 e. The van der Waals surface area contributed by atoms with Gasteiger partial charge in [0.1, 0.15) is 17.4 Å². The lowest BCUT2D eigenvalue weighted by atomic mass is 10.3. The molecular formula is C15H13Cl2FN2O. The molecule has 0 amide bonds. The third-order valence-corrected chi connectivity index (χ3v) is 3.83. The number of rotatable bonds is 5. The van der Waals surface area contributed by atoms with E-state index in [0.29, 0.717) is 30.8 Å². The van der Waals surface area contributed by atoms with Crippen LogP contribution in [0.1, 0.15) is 11.6 Å². The number of alkyl halides is 1. The van der Waals surface area contributed by atoms with Crippen LogP contribution >= 0.6 is 23.2 Å². The fourth-order valence-corrected chi connectivity index (χ4v) is 2.70. The van der Waals surface area contributed by atoms with E-state index in [2.05, 4.69) is 4.98 Å². The zero-order valence-electron chi connectivity index (χ0n) is 11.2. The Balaban J connectivity index is 2.00. The smallest absolute Gasteiger partial charge is 0.144 e. The number of nitrogens with zero attached hydrogens (tertiary/aromatic N) is 2. The molecule has 0 unspecified atom stereocenters. The van der Waals surface area contributed by atoms with Crippen molar-refractivity contribution in [2.45, 2.75) is 19.4 Å². The van der Waals surface area contributed by atoms with Crippen LogP contribution in [0.25, 0.3) is 11.0 Å². The summed E-state index contributed by atoms with van der Waals surface area (Å²) in [5, 5.41) is 0.0793. The third-order valence-electron chi connectivity index (χ3n) is 3.35. The number of imidazole rings is 1. The Kier molecular flexibility index (Phi) is 4.17. The summed E-state index contributed by atoms with van der Waals surface area (Å²) in [5.41, 5.74) is 1.41. The van der Waals surface area contributed by atoms with Gasteiger partial charge in [-0.2, -0.15) is 0 Å². The van der Waals surface area contributed by atoms with Crippen molar-refractivity contribution in [3.8, 4) is 0 Å². The summed E-state index contributed by atoms with van der Waals surface area (Å²) in [5.74, 6) is 1.72. The standard InChI is InChI=1S/C15H13Cl2FN2O/c16-5-3-15-19-13-8-11(17)12(18)9-14(13)20(15)6-4-10-2-1-7-21-10/h1-2,7-9H,3-6H2. The van der Waals surface area contributed by atoms with Crippen molar-refractivity contribution in [1.29, 1.82) is 0 Å². The van der Waals surface area contributed by atoms with Gasteiger partial charge in [0.2, 0.25) is 0 Å². The summed E-state index contributed by atoms with van der Waals surface area (Å²) in [6.07, 6.45) is 2.96. The van der Waals surface area contributed by atoms with E-state index in [4.69, 9.17) is 27.6 Å². The van der Waals surface area contributed by atoms with Crippen molar-refractivity contribution in [2.24, 2.45) is 0 Å². The zero-order valence-corrected chi connectivity index (χ0v) is 12.7. The molecule has 0 fully saturated rings. The predicted molar refractivity (Wildman–Crippen MR) is 81.5 cm³/mol. The molecule has 0 aliphatic carbocycles. The number of furan rings is 1. The average Bonchev–Trinajstić information content (AvgIpc) is 3.06. The van der Waals surface area contributed by atoms with E-state index in [-0.39, 0.29) is 5.02 Å². The highest BCUT2D eigenvalue weighted by atomic mass is 35.5. The fraction of sp³-hybridized carbons (Fsp3) is 0.267. The maximum atomic E-state index is 13.7. The van der Waals surface area contributed by atoms with E-state index in [1.807, 2.05) is 16.7 Å². The summed E-state index contributed by atoms with van der Waals surface area (Å²) in [4.78, 5) is 4.50. The molecule has 0 radical (unpaired) electrons. The molecule has 0 bridgehead atoms. The number of fused-ring (bicyclic) bond motifs is 1. The number of benzene rings is 1. The summed E-state index contributed by atoms with van der Waals surface area (Å²) >= 11 is 11.6. The molecule has 3 nitrogen and oxygen atoms in total. The second-order valence-corrected chi connectivity index (χ2v) is 5.49. The van der Waals surface area contributed by atoms with E-state index in [0.717, 1.165) is 17.1 Å². The van der Waals surface area contributed by atoms with Crippen LogP contribution in [0, 0.1) is 5.82 Å². The molecular weight excluding hydrogens is 314 g/mol. The van der Waals surface area contributed by atoms with Gasteiger partial charge >= 0.3 is 0 Å². The van der Waals surface area contributed by atoms with Crippen molar-refractivity contribution in [2.75, 3.05) is 5.88 Å². The SMILES string of the molecule is Fc1cc2c(cc1Cl)nc(CCCl)n2CCc1ccco1. The van der Waals surface area contributed by atoms with Gasteiger partial charge in [-0.1, -0.05) is 11.6 Å². The minimum absolute atomic E-state index is 0.0793. The highest BCUT2D eigenvalue weighted by molar-refractivity contribution is 6.31. The molecule has 0 aliphatic rings. The van der Waals surface area contributed by atoms with Crippen LogP contribution in [0.15, 0.2) is 34.9 Å². The highest BCUT2D eigenvalue weighted by Crippen LogP contribution is 2.24. The lowest BCUT2D eigenvalue weighted by molar-refractivity contribution is 0.490. The van der Waals surface area contributed by atoms with Gasteiger partial charge in [-0.3, -0.25) is 0 Å². The van der Waals surface area contributed by atoms with Gasteiger partial charge in [0, 0.05) is 31.3 Å². The first-order valence-corrected chi connectivity index (χ1v) is 7.53. The van der Waals surface area contributed by atoms with Gasteiger partial charge in [-0.05, 0) is 18.2 Å². The van der Waals surface area contributed by atoms with E-state index in [9.17, 15) is 4.39 Å². The van der Waals surface area contributed by atoms with Crippen LogP contribution in [-0.2, 0) is 19.4 Å². The molecule has 0 spiro atoms. The lowest BCUT2D eigenvalue weighted by Gasteiger charge is -2.07. The Morgan fingerprint density at radius 3 is 2.86 bits per heavy atom. The number of hydrogen-bond donors (Lipinski definition) is 0. The van der Waals surface area contributed by atoms with Crippen LogP contribution in [0.4, 0.5) is 4.39 Å². The Morgan fingerprint density at radius 2 is 2.14 bits per heavy atom. The van der Waals surface area contributed by atoms with Crippen LogP contribution in [0.2, 0.25) is 5.02 Å². The molecule has 0 saturated heterocycles. The Hall–Kier alpha value is -1.52. The molecule has 2 aromatic heterocycles. The van der Waals surface area contributed by atoms with Crippen molar-refractivity contribution in [3.05, 3.63) is 53.0 Å². The summed E-state index contributed by atoms with van der Waals surface area (Å²) in [6.45, 7) is 0.650. The Labute approximate surface area is 131 Å². The van der Waals surface area contributed by atoms with Crippen LogP contribution in [0.3, 0.4) is 0 Å². The molecule has 3 aromatic rings. The number of hydrogen-bond acceptors (Lipinski definition) is 2. The van der Waals surface area contributed by atoms with Crippen molar-refractivity contribution >= 4 is 34.2 Å². The average molecular weight is 327 g/mol. The van der Waals surface area contributed by atoms with E-state index in [1.54, 1.807) is 12.3 Å².